The maximum Gasteiger partial charge on any atom is 0.237 e. The number of hydrogen-bond donors (Lipinski definition) is 3. The molecule has 2 saturated heterocycles. The van der Waals surface area contributed by atoms with Gasteiger partial charge in [0.25, 0.3) is 0 Å². The van der Waals surface area contributed by atoms with Crippen molar-refractivity contribution in [2.75, 3.05) is 26.2 Å². The number of amides is 1. The lowest BCUT2D eigenvalue weighted by Crippen LogP contribution is -2.47. The van der Waals surface area contributed by atoms with E-state index in [9.17, 15) is 4.79 Å². The Morgan fingerprint density at radius 2 is 2.16 bits per heavy atom. The molecule has 1 spiro atoms. The number of nitrogens with two attached hydrogens (primary N) is 1. The highest BCUT2D eigenvalue weighted by atomic mass is 16.7. The van der Waals surface area contributed by atoms with Crippen LogP contribution in [0.1, 0.15) is 26.7 Å². The van der Waals surface area contributed by atoms with Crippen LogP contribution in [-0.4, -0.2) is 50.1 Å². The number of hydrogen-bond acceptors (Lipinski definition) is 5. The molecular formula is C13H25N3O3. The minimum atomic E-state index is -0.463. The van der Waals surface area contributed by atoms with Crippen molar-refractivity contribution in [2.24, 2.45) is 11.7 Å². The van der Waals surface area contributed by atoms with Gasteiger partial charge in [0.2, 0.25) is 5.91 Å². The number of carbonyl (C=O) groups is 1. The zero-order valence-corrected chi connectivity index (χ0v) is 11.8. The molecule has 110 valence electrons. The molecule has 2 aliphatic rings. The van der Waals surface area contributed by atoms with Gasteiger partial charge in [-0.2, -0.15) is 0 Å². The highest BCUT2D eigenvalue weighted by Gasteiger charge is 2.42. The standard InChI is InChI=1S/C13H25N3O3/c1-9(2)11(14)12(17)16-7-10-8-18-13(19-10)3-5-15-6-4-13/h9-11,15H,3-8,14H2,1-2H3,(H,16,17). The molecule has 2 atom stereocenters. The monoisotopic (exact) mass is 271 g/mol. The van der Waals surface area contributed by atoms with Gasteiger partial charge in [-0.3, -0.25) is 4.79 Å². The van der Waals surface area contributed by atoms with Crippen LogP contribution >= 0.6 is 0 Å². The van der Waals surface area contributed by atoms with Crippen molar-refractivity contribution >= 4 is 5.91 Å². The van der Waals surface area contributed by atoms with Crippen molar-refractivity contribution in [3.8, 4) is 0 Å². The Labute approximate surface area is 114 Å². The Morgan fingerprint density at radius 1 is 1.47 bits per heavy atom. The summed E-state index contributed by atoms with van der Waals surface area (Å²) in [6.45, 7) is 6.70. The fourth-order valence-corrected chi connectivity index (χ4v) is 2.42. The van der Waals surface area contributed by atoms with Gasteiger partial charge in [0.05, 0.1) is 12.6 Å². The molecule has 2 unspecified atom stereocenters. The van der Waals surface area contributed by atoms with E-state index in [2.05, 4.69) is 10.6 Å². The van der Waals surface area contributed by atoms with Crippen LogP contribution < -0.4 is 16.4 Å². The first-order valence-electron chi connectivity index (χ1n) is 7.08. The van der Waals surface area contributed by atoms with E-state index in [-0.39, 0.29) is 17.9 Å². The zero-order valence-electron chi connectivity index (χ0n) is 11.8. The third-order valence-corrected chi connectivity index (χ3v) is 3.80. The molecule has 2 rings (SSSR count). The highest BCUT2D eigenvalue weighted by Crippen LogP contribution is 2.31. The van der Waals surface area contributed by atoms with E-state index in [0.29, 0.717) is 13.2 Å². The smallest absolute Gasteiger partial charge is 0.237 e. The van der Waals surface area contributed by atoms with E-state index < -0.39 is 11.8 Å². The second-order valence-electron chi connectivity index (χ2n) is 5.73. The number of nitrogens with one attached hydrogen (secondary N) is 2. The van der Waals surface area contributed by atoms with Crippen LogP contribution in [0.3, 0.4) is 0 Å². The molecule has 2 aliphatic heterocycles. The van der Waals surface area contributed by atoms with Crippen LogP contribution in [-0.2, 0) is 14.3 Å². The minimum Gasteiger partial charge on any atom is -0.352 e. The van der Waals surface area contributed by atoms with E-state index >= 15 is 0 Å². The van der Waals surface area contributed by atoms with Crippen LogP contribution in [0.5, 0.6) is 0 Å². The Hall–Kier alpha value is -0.690. The third-order valence-electron chi connectivity index (χ3n) is 3.80. The SMILES string of the molecule is CC(C)C(N)C(=O)NCC1COC2(CCNCC2)O1. The number of rotatable bonds is 4. The highest BCUT2D eigenvalue weighted by molar-refractivity contribution is 5.81. The predicted molar refractivity (Wildman–Crippen MR) is 71.5 cm³/mol. The topological polar surface area (TPSA) is 85.6 Å². The molecule has 2 heterocycles. The molecule has 0 radical (unpaired) electrons. The minimum absolute atomic E-state index is 0.0681. The second-order valence-corrected chi connectivity index (χ2v) is 5.73. The van der Waals surface area contributed by atoms with Gasteiger partial charge in [-0.15, -0.1) is 0 Å². The normalized spacial score (nSPS) is 27.7. The van der Waals surface area contributed by atoms with Crippen LogP contribution in [0.25, 0.3) is 0 Å². The summed E-state index contributed by atoms with van der Waals surface area (Å²) in [6.07, 6.45) is 1.66. The summed E-state index contributed by atoms with van der Waals surface area (Å²) in [5.74, 6) is -0.415. The summed E-state index contributed by atoms with van der Waals surface area (Å²) >= 11 is 0. The van der Waals surface area contributed by atoms with Gasteiger partial charge in [-0.25, -0.2) is 0 Å². The Morgan fingerprint density at radius 3 is 2.79 bits per heavy atom. The molecule has 6 heteroatoms. The van der Waals surface area contributed by atoms with Gasteiger partial charge in [0.1, 0.15) is 6.10 Å². The van der Waals surface area contributed by atoms with Crippen molar-refractivity contribution in [3.05, 3.63) is 0 Å². The molecule has 0 bridgehead atoms. The van der Waals surface area contributed by atoms with Gasteiger partial charge in [-0.1, -0.05) is 13.8 Å². The molecule has 1 amide bonds. The third kappa shape index (κ3) is 3.66. The maximum absolute atomic E-state index is 11.8. The molecule has 0 aliphatic carbocycles. The fraction of sp³-hybridized carbons (Fsp3) is 0.923. The van der Waals surface area contributed by atoms with Crippen molar-refractivity contribution in [1.29, 1.82) is 0 Å². The van der Waals surface area contributed by atoms with Gasteiger partial charge >= 0.3 is 0 Å². The Kier molecular flexibility index (Phi) is 4.78. The first-order chi connectivity index (χ1) is 9.02. The van der Waals surface area contributed by atoms with Crippen molar-refractivity contribution < 1.29 is 14.3 Å². The van der Waals surface area contributed by atoms with Crippen LogP contribution in [0, 0.1) is 5.92 Å². The zero-order chi connectivity index (χ0) is 13.9. The lowest BCUT2D eigenvalue weighted by atomic mass is 10.1. The number of ether oxygens (including phenoxy) is 2. The molecule has 0 aromatic rings. The average Bonchev–Trinajstić information content (AvgIpc) is 2.79. The van der Waals surface area contributed by atoms with Crippen molar-refractivity contribution in [1.82, 2.24) is 10.6 Å². The molecule has 0 saturated carbocycles. The Balaban J connectivity index is 1.74. The van der Waals surface area contributed by atoms with E-state index in [0.717, 1.165) is 25.9 Å². The molecular weight excluding hydrogens is 246 g/mol. The molecule has 6 nitrogen and oxygen atoms in total. The number of piperidine rings is 1. The molecule has 2 fully saturated rings. The lowest BCUT2D eigenvalue weighted by Gasteiger charge is -2.32. The van der Waals surface area contributed by atoms with Gasteiger partial charge in [-0.05, 0) is 5.92 Å². The fourth-order valence-electron chi connectivity index (χ4n) is 2.42. The Bertz CT molecular complexity index is 316. The van der Waals surface area contributed by atoms with Crippen LogP contribution in [0.2, 0.25) is 0 Å². The van der Waals surface area contributed by atoms with Crippen LogP contribution in [0.15, 0.2) is 0 Å². The summed E-state index contributed by atoms with van der Waals surface area (Å²) in [5.41, 5.74) is 5.79. The number of carbonyl (C=O) groups excluding carboxylic acids is 1. The van der Waals surface area contributed by atoms with E-state index in [1.807, 2.05) is 13.8 Å². The van der Waals surface area contributed by atoms with Crippen molar-refractivity contribution in [3.63, 3.8) is 0 Å². The van der Waals surface area contributed by atoms with E-state index in [1.165, 1.54) is 0 Å². The molecule has 0 aromatic carbocycles. The summed E-state index contributed by atoms with van der Waals surface area (Å²) in [7, 11) is 0. The van der Waals surface area contributed by atoms with Gasteiger partial charge in [0.15, 0.2) is 5.79 Å². The first kappa shape index (κ1) is 14.7. The quantitative estimate of drug-likeness (QED) is 0.647. The summed E-state index contributed by atoms with van der Waals surface area (Å²) in [5, 5.41) is 6.13. The molecule has 0 aromatic heterocycles. The second kappa shape index (κ2) is 6.17. The first-order valence-corrected chi connectivity index (χ1v) is 7.08. The lowest BCUT2D eigenvalue weighted by molar-refractivity contribution is -0.182. The molecule has 4 N–H and O–H groups in total. The van der Waals surface area contributed by atoms with Gasteiger partial charge < -0.3 is 25.8 Å². The van der Waals surface area contributed by atoms with Crippen molar-refractivity contribution in [2.45, 2.75) is 44.6 Å². The average molecular weight is 271 g/mol. The summed E-state index contributed by atoms with van der Waals surface area (Å²) in [6, 6.07) is -0.463. The van der Waals surface area contributed by atoms with E-state index in [1.54, 1.807) is 0 Å². The van der Waals surface area contributed by atoms with E-state index in [4.69, 9.17) is 15.2 Å². The summed E-state index contributed by atoms with van der Waals surface area (Å²) < 4.78 is 11.8. The largest absolute Gasteiger partial charge is 0.352 e. The van der Waals surface area contributed by atoms with Crippen LogP contribution in [0.4, 0.5) is 0 Å². The molecule has 19 heavy (non-hydrogen) atoms. The van der Waals surface area contributed by atoms with Gasteiger partial charge in [0, 0.05) is 32.5 Å². The summed E-state index contributed by atoms with van der Waals surface area (Å²) in [4.78, 5) is 11.8. The maximum atomic E-state index is 11.8. The predicted octanol–water partition coefficient (Wildman–Crippen LogP) is -0.419.